The first kappa shape index (κ1) is 18.4. The minimum Gasteiger partial charge on any atom is -0.298 e. The minimum absolute atomic E-state index is 0.0880. The van der Waals surface area contributed by atoms with Crippen LogP contribution in [0.4, 0.5) is 0 Å². The van der Waals surface area contributed by atoms with E-state index in [1.54, 1.807) is 26.0 Å². The molecule has 0 aliphatic carbocycles. The molecular formula is C19H23NO3S. The number of nitrogens with one attached hydrogen (secondary N) is 1. The van der Waals surface area contributed by atoms with Gasteiger partial charge in [-0.05, 0) is 36.5 Å². The number of hydrogen-bond acceptors (Lipinski definition) is 3. The molecule has 5 heteroatoms. The molecule has 0 bridgehead atoms. The van der Waals surface area contributed by atoms with Gasteiger partial charge in [0.2, 0.25) is 10.0 Å². The second-order valence-electron chi connectivity index (χ2n) is 6.21. The SMILES string of the molecule is CC(C)S(=O)(=O)NC[C@H](C)c1ccc(-c2ccc(C=O)cc2)cc1. The third-order valence-corrected chi connectivity index (χ3v) is 5.88. The molecule has 0 saturated heterocycles. The molecule has 0 saturated carbocycles. The Morgan fingerprint density at radius 1 is 0.917 bits per heavy atom. The molecule has 2 rings (SSSR count). The normalized spacial score (nSPS) is 13.0. The maximum Gasteiger partial charge on any atom is 0.213 e. The van der Waals surface area contributed by atoms with Gasteiger partial charge >= 0.3 is 0 Å². The summed E-state index contributed by atoms with van der Waals surface area (Å²) in [7, 11) is -3.24. The Bertz CT molecular complexity index is 778. The Hall–Kier alpha value is -1.98. The van der Waals surface area contributed by atoms with Crippen LogP contribution in [-0.2, 0) is 10.0 Å². The lowest BCUT2D eigenvalue weighted by Crippen LogP contribution is -2.33. The van der Waals surface area contributed by atoms with E-state index in [0.717, 1.165) is 23.0 Å². The Kier molecular flexibility index (Phi) is 5.91. The smallest absolute Gasteiger partial charge is 0.213 e. The summed E-state index contributed by atoms with van der Waals surface area (Å²) >= 11 is 0. The first-order valence-electron chi connectivity index (χ1n) is 7.97. The molecule has 0 unspecified atom stereocenters. The first-order valence-corrected chi connectivity index (χ1v) is 9.52. The summed E-state index contributed by atoms with van der Waals surface area (Å²) in [6.45, 7) is 5.71. The monoisotopic (exact) mass is 345 g/mol. The van der Waals surface area contributed by atoms with Crippen LogP contribution in [0.15, 0.2) is 48.5 Å². The fourth-order valence-electron chi connectivity index (χ4n) is 2.28. The van der Waals surface area contributed by atoms with Gasteiger partial charge < -0.3 is 0 Å². The number of benzene rings is 2. The summed E-state index contributed by atoms with van der Waals surface area (Å²) in [5.41, 5.74) is 3.84. The van der Waals surface area contributed by atoms with E-state index in [1.807, 2.05) is 43.3 Å². The van der Waals surface area contributed by atoms with Crippen molar-refractivity contribution in [2.24, 2.45) is 0 Å². The van der Waals surface area contributed by atoms with Crippen molar-refractivity contribution in [3.63, 3.8) is 0 Å². The second-order valence-corrected chi connectivity index (χ2v) is 8.53. The van der Waals surface area contributed by atoms with Crippen LogP contribution in [0.25, 0.3) is 11.1 Å². The zero-order valence-electron chi connectivity index (χ0n) is 14.2. The van der Waals surface area contributed by atoms with Crippen LogP contribution in [0.3, 0.4) is 0 Å². The van der Waals surface area contributed by atoms with E-state index in [9.17, 15) is 13.2 Å². The predicted octanol–water partition coefficient (Wildman–Crippen LogP) is 3.60. The third kappa shape index (κ3) is 4.52. The van der Waals surface area contributed by atoms with E-state index < -0.39 is 15.3 Å². The quantitative estimate of drug-likeness (QED) is 0.780. The van der Waals surface area contributed by atoms with Gasteiger partial charge in [0, 0.05) is 12.1 Å². The molecule has 0 heterocycles. The average molecular weight is 345 g/mol. The van der Waals surface area contributed by atoms with Crippen molar-refractivity contribution >= 4 is 16.3 Å². The van der Waals surface area contributed by atoms with Crippen molar-refractivity contribution < 1.29 is 13.2 Å². The van der Waals surface area contributed by atoms with E-state index in [1.165, 1.54) is 0 Å². The van der Waals surface area contributed by atoms with Gasteiger partial charge in [-0.1, -0.05) is 55.5 Å². The fourth-order valence-corrected chi connectivity index (χ4v) is 3.10. The van der Waals surface area contributed by atoms with Crippen molar-refractivity contribution in [2.75, 3.05) is 6.54 Å². The highest BCUT2D eigenvalue weighted by Gasteiger charge is 2.17. The number of sulfonamides is 1. The van der Waals surface area contributed by atoms with Crippen LogP contribution in [0, 0.1) is 0 Å². The maximum absolute atomic E-state index is 11.8. The molecule has 0 spiro atoms. The lowest BCUT2D eigenvalue weighted by Gasteiger charge is -2.15. The number of carbonyl (C=O) groups excluding carboxylic acids is 1. The largest absolute Gasteiger partial charge is 0.298 e. The van der Waals surface area contributed by atoms with Crippen molar-refractivity contribution in [3.8, 4) is 11.1 Å². The van der Waals surface area contributed by atoms with Gasteiger partial charge in [-0.2, -0.15) is 0 Å². The van der Waals surface area contributed by atoms with Gasteiger partial charge in [0.05, 0.1) is 5.25 Å². The highest BCUT2D eigenvalue weighted by atomic mass is 32.2. The standard InChI is InChI=1S/C19H23NO3S/c1-14(2)24(22,23)20-12-15(3)17-8-10-19(11-9-17)18-6-4-16(13-21)5-7-18/h4-11,13-15,20H,12H2,1-3H3/t15-/m0/s1. The summed E-state index contributed by atoms with van der Waals surface area (Å²) in [4.78, 5) is 10.7. The molecular weight excluding hydrogens is 322 g/mol. The fraction of sp³-hybridized carbons (Fsp3) is 0.316. The van der Waals surface area contributed by atoms with Gasteiger partial charge in [-0.15, -0.1) is 0 Å². The molecule has 0 aliphatic rings. The Labute approximate surface area is 144 Å². The van der Waals surface area contributed by atoms with Crippen molar-refractivity contribution in [1.82, 2.24) is 4.72 Å². The first-order chi connectivity index (χ1) is 11.3. The van der Waals surface area contributed by atoms with Crippen LogP contribution >= 0.6 is 0 Å². The molecule has 0 aliphatic heterocycles. The zero-order valence-corrected chi connectivity index (χ0v) is 15.0. The lowest BCUT2D eigenvalue weighted by atomic mass is 9.97. The molecule has 0 fully saturated rings. The Balaban J connectivity index is 2.06. The van der Waals surface area contributed by atoms with Crippen LogP contribution in [0.1, 0.15) is 42.6 Å². The number of aldehydes is 1. The summed E-state index contributed by atoms with van der Waals surface area (Å²) in [5, 5.41) is -0.429. The Morgan fingerprint density at radius 3 is 1.88 bits per heavy atom. The second kappa shape index (κ2) is 7.73. The van der Waals surface area contributed by atoms with Crippen molar-refractivity contribution in [1.29, 1.82) is 0 Å². The van der Waals surface area contributed by atoms with E-state index in [-0.39, 0.29) is 5.92 Å². The maximum atomic E-state index is 11.8. The van der Waals surface area contributed by atoms with E-state index in [4.69, 9.17) is 0 Å². The molecule has 0 radical (unpaired) electrons. The molecule has 1 atom stereocenters. The summed E-state index contributed by atoms with van der Waals surface area (Å²) in [5.74, 6) is 0.0880. The lowest BCUT2D eigenvalue weighted by molar-refractivity contribution is 0.112. The highest BCUT2D eigenvalue weighted by molar-refractivity contribution is 7.90. The predicted molar refractivity (Wildman–Crippen MR) is 97.7 cm³/mol. The van der Waals surface area contributed by atoms with Gasteiger partial charge in [-0.3, -0.25) is 4.79 Å². The molecule has 0 aromatic heterocycles. The van der Waals surface area contributed by atoms with Gasteiger partial charge in [0.15, 0.2) is 0 Å². The van der Waals surface area contributed by atoms with E-state index in [2.05, 4.69) is 4.72 Å². The van der Waals surface area contributed by atoms with Crippen molar-refractivity contribution in [2.45, 2.75) is 31.9 Å². The van der Waals surface area contributed by atoms with Gasteiger partial charge in [-0.25, -0.2) is 13.1 Å². The van der Waals surface area contributed by atoms with Crippen LogP contribution in [-0.4, -0.2) is 26.5 Å². The van der Waals surface area contributed by atoms with Crippen molar-refractivity contribution in [3.05, 3.63) is 59.7 Å². The molecule has 2 aromatic carbocycles. The molecule has 24 heavy (non-hydrogen) atoms. The van der Waals surface area contributed by atoms with Gasteiger partial charge in [0.1, 0.15) is 6.29 Å². The van der Waals surface area contributed by atoms with Crippen LogP contribution in [0.2, 0.25) is 0 Å². The number of rotatable bonds is 7. The van der Waals surface area contributed by atoms with E-state index >= 15 is 0 Å². The van der Waals surface area contributed by atoms with E-state index in [0.29, 0.717) is 12.1 Å². The zero-order chi connectivity index (χ0) is 17.7. The molecule has 4 nitrogen and oxygen atoms in total. The molecule has 2 aromatic rings. The third-order valence-electron chi connectivity index (χ3n) is 4.07. The molecule has 128 valence electrons. The highest BCUT2D eigenvalue weighted by Crippen LogP contribution is 2.23. The van der Waals surface area contributed by atoms with Gasteiger partial charge in [0.25, 0.3) is 0 Å². The number of hydrogen-bond donors (Lipinski definition) is 1. The van der Waals surface area contributed by atoms with Crippen LogP contribution in [0.5, 0.6) is 0 Å². The topological polar surface area (TPSA) is 63.2 Å². The minimum atomic E-state index is -3.24. The Morgan fingerprint density at radius 2 is 1.42 bits per heavy atom. The molecule has 1 N–H and O–H groups in total. The summed E-state index contributed by atoms with van der Waals surface area (Å²) in [6, 6.07) is 15.5. The summed E-state index contributed by atoms with van der Waals surface area (Å²) < 4.78 is 26.3. The average Bonchev–Trinajstić information content (AvgIpc) is 2.60. The number of carbonyl (C=O) groups is 1. The molecule has 0 amide bonds. The van der Waals surface area contributed by atoms with Crippen LogP contribution < -0.4 is 4.72 Å². The summed E-state index contributed by atoms with van der Waals surface area (Å²) in [6.07, 6.45) is 0.826.